The first-order valence-electron chi connectivity index (χ1n) is 5.99. The summed E-state index contributed by atoms with van der Waals surface area (Å²) in [4.78, 5) is 10.0. The molecule has 2 N–H and O–H groups in total. The monoisotopic (exact) mass is 422 g/mol. The topological polar surface area (TPSA) is 93.2 Å². The van der Waals surface area contributed by atoms with Gasteiger partial charge in [0.2, 0.25) is 0 Å². The molecule has 0 spiro atoms. The second kappa shape index (κ2) is 7.05. The Morgan fingerprint density at radius 1 is 1.57 bits per heavy atom. The summed E-state index contributed by atoms with van der Waals surface area (Å²) in [6, 6.07) is 5.40. The minimum absolute atomic E-state index is 0.0950. The van der Waals surface area contributed by atoms with Gasteiger partial charge in [-0.3, -0.25) is 14.8 Å². The van der Waals surface area contributed by atoms with Crippen molar-refractivity contribution in [3.63, 3.8) is 0 Å². The summed E-state index contributed by atoms with van der Waals surface area (Å²) in [5.74, 6) is 0. The molecule has 0 saturated carbocycles. The minimum Gasteiger partial charge on any atom is -0.389 e. The summed E-state index contributed by atoms with van der Waals surface area (Å²) >= 11 is 8.01. The molecule has 0 aliphatic heterocycles. The van der Waals surface area contributed by atoms with E-state index < -0.39 is 11.0 Å². The lowest BCUT2D eigenvalue weighted by Crippen LogP contribution is -2.25. The Kier molecular flexibility index (Phi) is 5.37. The summed E-state index contributed by atoms with van der Waals surface area (Å²) in [5, 5.41) is 28.1. The van der Waals surface area contributed by atoms with E-state index in [1.807, 2.05) is 12.1 Å². The molecule has 0 fully saturated rings. The summed E-state index contributed by atoms with van der Waals surface area (Å²) < 4.78 is 2.29. The number of nitro groups is 1. The Morgan fingerprint density at radius 2 is 2.33 bits per heavy atom. The predicted octanol–water partition coefficient (Wildman–Crippen LogP) is 2.52. The highest BCUT2D eigenvalue weighted by Crippen LogP contribution is 2.22. The molecule has 1 aromatic heterocycles. The highest BCUT2D eigenvalue weighted by Gasteiger charge is 2.12. The fraction of sp³-hybridized carbons (Fsp3) is 0.250. The van der Waals surface area contributed by atoms with Crippen LogP contribution in [0.5, 0.6) is 0 Å². The summed E-state index contributed by atoms with van der Waals surface area (Å²) in [5.41, 5.74) is 0.771. The van der Waals surface area contributed by atoms with Gasteiger partial charge in [-0.2, -0.15) is 5.10 Å². The van der Waals surface area contributed by atoms with Crippen molar-refractivity contribution in [2.75, 3.05) is 11.9 Å². The smallest absolute Gasteiger partial charge is 0.306 e. The second-order valence-electron chi connectivity index (χ2n) is 4.34. The van der Waals surface area contributed by atoms with Gasteiger partial charge in [0.15, 0.2) is 0 Å². The largest absolute Gasteiger partial charge is 0.389 e. The highest BCUT2D eigenvalue weighted by atomic mass is 127. The molecule has 0 radical (unpaired) electrons. The van der Waals surface area contributed by atoms with Gasteiger partial charge >= 0.3 is 5.69 Å². The Hall–Kier alpha value is -1.39. The standard InChI is InChI=1S/C12H12ClIN4O3/c13-8-1-2-12(11(14)3-8)15-5-10(19)7-17-6-9(4-16-17)18(20)21/h1-4,6,10,15,19H,5,7H2. The quantitative estimate of drug-likeness (QED) is 0.424. The molecular weight excluding hydrogens is 411 g/mol. The molecule has 112 valence electrons. The van der Waals surface area contributed by atoms with Gasteiger partial charge in [0.25, 0.3) is 0 Å². The number of rotatable bonds is 6. The van der Waals surface area contributed by atoms with E-state index in [-0.39, 0.29) is 12.2 Å². The van der Waals surface area contributed by atoms with Gasteiger partial charge in [0, 0.05) is 20.8 Å². The molecule has 0 saturated heterocycles. The lowest BCUT2D eigenvalue weighted by atomic mass is 10.3. The average Bonchev–Trinajstić information content (AvgIpc) is 2.86. The zero-order chi connectivity index (χ0) is 15.4. The van der Waals surface area contributed by atoms with Crippen molar-refractivity contribution in [2.45, 2.75) is 12.6 Å². The number of hydrogen-bond donors (Lipinski definition) is 2. The molecule has 9 heteroatoms. The molecule has 2 rings (SSSR count). The van der Waals surface area contributed by atoms with E-state index in [0.717, 1.165) is 15.5 Å². The van der Waals surface area contributed by atoms with Crippen molar-refractivity contribution in [1.29, 1.82) is 0 Å². The lowest BCUT2D eigenvalue weighted by molar-refractivity contribution is -0.385. The van der Waals surface area contributed by atoms with Gasteiger partial charge in [-0.25, -0.2) is 0 Å². The Labute approximate surface area is 139 Å². The van der Waals surface area contributed by atoms with Crippen molar-refractivity contribution in [3.05, 3.63) is 49.3 Å². The van der Waals surface area contributed by atoms with E-state index in [2.05, 4.69) is 33.0 Å². The molecule has 7 nitrogen and oxygen atoms in total. The molecule has 0 aliphatic carbocycles. The molecule has 1 atom stereocenters. The fourth-order valence-electron chi connectivity index (χ4n) is 1.69. The molecule has 1 unspecified atom stereocenters. The van der Waals surface area contributed by atoms with Gasteiger partial charge in [0.1, 0.15) is 12.4 Å². The number of halogens is 2. The maximum Gasteiger partial charge on any atom is 0.306 e. The first-order chi connectivity index (χ1) is 9.95. The van der Waals surface area contributed by atoms with Crippen LogP contribution >= 0.6 is 34.2 Å². The van der Waals surface area contributed by atoms with E-state index in [1.54, 1.807) is 6.07 Å². The van der Waals surface area contributed by atoms with Crippen molar-refractivity contribution < 1.29 is 10.0 Å². The number of aliphatic hydroxyl groups excluding tert-OH is 1. The first-order valence-corrected chi connectivity index (χ1v) is 7.45. The number of aliphatic hydroxyl groups is 1. The zero-order valence-electron chi connectivity index (χ0n) is 10.7. The Balaban J connectivity index is 1.89. The van der Waals surface area contributed by atoms with Gasteiger partial charge in [-0.15, -0.1) is 0 Å². The normalized spacial score (nSPS) is 12.1. The Morgan fingerprint density at radius 3 is 2.95 bits per heavy atom. The summed E-state index contributed by atoms with van der Waals surface area (Å²) in [6.07, 6.45) is 1.72. The van der Waals surface area contributed by atoms with Crippen LogP contribution in [0, 0.1) is 13.7 Å². The second-order valence-corrected chi connectivity index (χ2v) is 5.94. The Bertz CT molecular complexity index is 649. The molecule has 2 aromatic rings. The van der Waals surface area contributed by atoms with E-state index in [9.17, 15) is 15.2 Å². The SMILES string of the molecule is O=[N+]([O-])c1cnn(CC(O)CNc2ccc(Cl)cc2I)c1. The van der Waals surface area contributed by atoms with Gasteiger partial charge < -0.3 is 10.4 Å². The molecule has 1 aromatic carbocycles. The maximum absolute atomic E-state index is 10.5. The van der Waals surface area contributed by atoms with Crippen LogP contribution < -0.4 is 5.32 Å². The van der Waals surface area contributed by atoms with Crippen LogP contribution in [0.15, 0.2) is 30.6 Å². The van der Waals surface area contributed by atoms with Crippen LogP contribution in [0.3, 0.4) is 0 Å². The summed E-state index contributed by atoms with van der Waals surface area (Å²) in [7, 11) is 0. The third-order valence-corrected chi connectivity index (χ3v) is 3.82. The van der Waals surface area contributed by atoms with Crippen molar-refractivity contribution in [3.8, 4) is 0 Å². The number of hydrogen-bond acceptors (Lipinski definition) is 5. The van der Waals surface area contributed by atoms with Crippen LogP contribution in [-0.4, -0.2) is 32.5 Å². The molecule has 0 aliphatic rings. The van der Waals surface area contributed by atoms with E-state index >= 15 is 0 Å². The van der Waals surface area contributed by atoms with Crippen molar-refractivity contribution in [1.82, 2.24) is 9.78 Å². The van der Waals surface area contributed by atoms with Crippen LogP contribution in [0.25, 0.3) is 0 Å². The fourth-order valence-corrected chi connectivity index (χ4v) is 2.75. The number of nitrogens with zero attached hydrogens (tertiary/aromatic N) is 3. The number of nitrogens with one attached hydrogen (secondary N) is 1. The number of anilines is 1. The summed E-state index contributed by atoms with van der Waals surface area (Å²) in [6.45, 7) is 0.469. The van der Waals surface area contributed by atoms with Crippen molar-refractivity contribution in [2.24, 2.45) is 0 Å². The van der Waals surface area contributed by atoms with Crippen LogP contribution in [0.2, 0.25) is 5.02 Å². The molecule has 0 amide bonds. The van der Waals surface area contributed by atoms with Gasteiger partial charge in [-0.1, -0.05) is 11.6 Å². The predicted molar refractivity (Wildman–Crippen MR) is 87.5 cm³/mol. The minimum atomic E-state index is -0.726. The average molecular weight is 423 g/mol. The maximum atomic E-state index is 10.5. The van der Waals surface area contributed by atoms with E-state index in [1.165, 1.54) is 10.9 Å². The molecule has 1 heterocycles. The van der Waals surface area contributed by atoms with E-state index in [4.69, 9.17) is 11.6 Å². The van der Waals surface area contributed by atoms with Gasteiger partial charge in [-0.05, 0) is 40.8 Å². The highest BCUT2D eigenvalue weighted by molar-refractivity contribution is 14.1. The third-order valence-electron chi connectivity index (χ3n) is 2.69. The molecular formula is C12H12ClIN4O3. The van der Waals surface area contributed by atoms with Gasteiger partial charge in [0.05, 0.1) is 17.6 Å². The zero-order valence-corrected chi connectivity index (χ0v) is 13.7. The molecule has 21 heavy (non-hydrogen) atoms. The lowest BCUT2D eigenvalue weighted by Gasteiger charge is -2.14. The number of benzene rings is 1. The van der Waals surface area contributed by atoms with Crippen LogP contribution in [-0.2, 0) is 6.54 Å². The third kappa shape index (κ3) is 4.55. The molecule has 0 bridgehead atoms. The van der Waals surface area contributed by atoms with Crippen LogP contribution in [0.4, 0.5) is 11.4 Å². The number of aromatic nitrogens is 2. The van der Waals surface area contributed by atoms with Crippen molar-refractivity contribution >= 4 is 45.6 Å². The first kappa shape index (κ1) is 16.0. The van der Waals surface area contributed by atoms with Crippen LogP contribution in [0.1, 0.15) is 0 Å². The van der Waals surface area contributed by atoms with E-state index in [0.29, 0.717) is 11.6 Å².